The molecule has 21 heavy (non-hydrogen) atoms. The number of nitrogens with one attached hydrogen (secondary N) is 1. The second-order valence-corrected chi connectivity index (χ2v) is 5.18. The van der Waals surface area contributed by atoms with Crippen molar-refractivity contribution in [1.82, 2.24) is 5.32 Å². The van der Waals surface area contributed by atoms with Crippen molar-refractivity contribution in [1.29, 1.82) is 0 Å². The van der Waals surface area contributed by atoms with Crippen LogP contribution >= 0.6 is 15.9 Å². The van der Waals surface area contributed by atoms with Gasteiger partial charge in [0.15, 0.2) is 0 Å². The highest BCUT2D eigenvalue weighted by atomic mass is 79.9. The van der Waals surface area contributed by atoms with Gasteiger partial charge in [0.2, 0.25) is 0 Å². The van der Waals surface area contributed by atoms with E-state index in [4.69, 9.17) is 0 Å². The normalized spacial score (nSPS) is 10.5. The van der Waals surface area contributed by atoms with Crippen molar-refractivity contribution < 1.29 is 18.0 Å². The number of benzene rings is 2. The zero-order valence-corrected chi connectivity index (χ0v) is 12.4. The van der Waals surface area contributed by atoms with Crippen LogP contribution in [0, 0.1) is 17.5 Å². The molecule has 0 heterocycles. The first-order valence-corrected chi connectivity index (χ1v) is 6.94. The summed E-state index contributed by atoms with van der Waals surface area (Å²) < 4.78 is 39.4. The lowest BCUT2D eigenvalue weighted by Crippen LogP contribution is -2.26. The van der Waals surface area contributed by atoms with E-state index in [0.29, 0.717) is 5.56 Å². The molecule has 2 aromatic rings. The molecule has 0 unspecified atom stereocenters. The molecule has 0 bridgehead atoms. The molecule has 0 saturated heterocycles. The van der Waals surface area contributed by atoms with Gasteiger partial charge in [0.25, 0.3) is 5.91 Å². The van der Waals surface area contributed by atoms with Crippen LogP contribution in [0.4, 0.5) is 13.2 Å². The number of hydrogen-bond donors (Lipinski definition) is 1. The molecular formula is C15H11BrF3NO. The average Bonchev–Trinajstić information content (AvgIpc) is 2.40. The van der Waals surface area contributed by atoms with Crippen LogP contribution < -0.4 is 5.32 Å². The topological polar surface area (TPSA) is 29.1 Å². The number of halogens is 4. The molecule has 2 nitrogen and oxygen atoms in total. The van der Waals surface area contributed by atoms with Crippen LogP contribution in [0.1, 0.15) is 15.9 Å². The van der Waals surface area contributed by atoms with Gasteiger partial charge in [0.05, 0.1) is 10.0 Å². The largest absolute Gasteiger partial charge is 0.352 e. The minimum absolute atomic E-state index is 0.0827. The maximum atomic E-state index is 13.3. The zero-order chi connectivity index (χ0) is 15.4. The van der Waals surface area contributed by atoms with E-state index >= 15 is 0 Å². The smallest absolute Gasteiger partial charge is 0.252 e. The Morgan fingerprint density at radius 1 is 1.10 bits per heavy atom. The summed E-state index contributed by atoms with van der Waals surface area (Å²) in [7, 11) is 0. The highest BCUT2D eigenvalue weighted by Gasteiger charge is 2.12. The fourth-order valence-corrected chi connectivity index (χ4v) is 2.29. The second kappa shape index (κ2) is 6.76. The highest BCUT2D eigenvalue weighted by molar-refractivity contribution is 9.10. The minimum Gasteiger partial charge on any atom is -0.352 e. The summed E-state index contributed by atoms with van der Waals surface area (Å²) in [6.45, 7) is 0.185. The molecule has 0 saturated carbocycles. The predicted molar refractivity (Wildman–Crippen MR) is 76.5 cm³/mol. The number of carbonyl (C=O) groups excluding carboxylic acids is 1. The summed E-state index contributed by atoms with van der Waals surface area (Å²) in [6.07, 6.45) is 0.271. The van der Waals surface area contributed by atoms with Gasteiger partial charge >= 0.3 is 0 Å². The van der Waals surface area contributed by atoms with Crippen LogP contribution in [-0.2, 0) is 6.42 Å². The van der Waals surface area contributed by atoms with E-state index in [9.17, 15) is 18.0 Å². The van der Waals surface area contributed by atoms with Crippen LogP contribution in [0.5, 0.6) is 0 Å². The first-order chi connectivity index (χ1) is 9.97. The molecule has 0 atom stereocenters. The molecule has 0 aliphatic heterocycles. The molecule has 0 aliphatic rings. The van der Waals surface area contributed by atoms with Crippen LogP contribution in [0.3, 0.4) is 0 Å². The maximum Gasteiger partial charge on any atom is 0.252 e. The van der Waals surface area contributed by atoms with Crippen molar-refractivity contribution in [2.75, 3.05) is 6.54 Å². The number of hydrogen-bond acceptors (Lipinski definition) is 1. The molecule has 0 fully saturated rings. The van der Waals surface area contributed by atoms with Crippen molar-refractivity contribution in [2.24, 2.45) is 0 Å². The molecule has 0 spiro atoms. The average molecular weight is 358 g/mol. The van der Waals surface area contributed by atoms with Gasteiger partial charge in [0.1, 0.15) is 17.5 Å². The van der Waals surface area contributed by atoms with Gasteiger partial charge in [-0.05, 0) is 52.2 Å². The fourth-order valence-electron chi connectivity index (χ4n) is 1.85. The summed E-state index contributed by atoms with van der Waals surface area (Å²) in [5, 5.41) is 2.57. The fraction of sp³-hybridized carbons (Fsp3) is 0.133. The summed E-state index contributed by atoms with van der Waals surface area (Å²) in [5.74, 6) is -2.32. The van der Waals surface area contributed by atoms with E-state index in [1.807, 2.05) is 0 Å². The Morgan fingerprint density at radius 3 is 2.43 bits per heavy atom. The molecule has 0 aromatic heterocycles. The Morgan fingerprint density at radius 2 is 1.76 bits per heavy atom. The zero-order valence-electron chi connectivity index (χ0n) is 10.8. The van der Waals surface area contributed by atoms with Gasteiger partial charge in [-0.25, -0.2) is 13.2 Å². The maximum absolute atomic E-state index is 13.3. The van der Waals surface area contributed by atoms with Crippen LogP contribution in [0.15, 0.2) is 40.9 Å². The van der Waals surface area contributed by atoms with Gasteiger partial charge in [-0.1, -0.05) is 6.07 Å². The lowest BCUT2D eigenvalue weighted by molar-refractivity contribution is 0.0953. The van der Waals surface area contributed by atoms with E-state index in [1.54, 1.807) is 0 Å². The van der Waals surface area contributed by atoms with E-state index in [0.717, 1.165) is 6.07 Å². The third-order valence-electron chi connectivity index (χ3n) is 2.82. The van der Waals surface area contributed by atoms with Crippen LogP contribution in [0.2, 0.25) is 0 Å². The first-order valence-electron chi connectivity index (χ1n) is 6.14. The summed E-state index contributed by atoms with van der Waals surface area (Å²) in [5.41, 5.74) is 0.603. The third-order valence-corrected chi connectivity index (χ3v) is 3.62. The summed E-state index contributed by atoms with van der Waals surface area (Å²) in [4.78, 5) is 11.9. The number of amides is 1. The van der Waals surface area contributed by atoms with E-state index in [2.05, 4.69) is 21.2 Å². The van der Waals surface area contributed by atoms with Crippen molar-refractivity contribution >= 4 is 21.8 Å². The Hall–Kier alpha value is -1.82. The Labute approximate surface area is 128 Å². The standard InChI is InChI=1S/C15H11BrF3NO/c16-14-12(2-1-3-13(14)19)15(21)20-5-4-9-6-10(17)8-11(18)7-9/h1-3,6-8H,4-5H2,(H,20,21). The van der Waals surface area contributed by atoms with Gasteiger partial charge in [0, 0.05) is 12.6 Å². The predicted octanol–water partition coefficient (Wildman–Crippen LogP) is 3.84. The SMILES string of the molecule is O=C(NCCc1cc(F)cc(F)c1)c1cccc(F)c1Br. The lowest BCUT2D eigenvalue weighted by atomic mass is 10.1. The Bertz CT molecular complexity index is 656. The first kappa shape index (κ1) is 15.6. The quantitative estimate of drug-likeness (QED) is 0.884. The van der Waals surface area contributed by atoms with Gasteiger partial charge in [-0.15, -0.1) is 0 Å². The molecule has 1 amide bonds. The van der Waals surface area contributed by atoms with E-state index in [1.165, 1.54) is 30.3 Å². The van der Waals surface area contributed by atoms with Crippen LogP contribution in [0.25, 0.3) is 0 Å². The Kier molecular flexibility index (Phi) is 5.01. The Balaban J connectivity index is 1.97. The van der Waals surface area contributed by atoms with Crippen molar-refractivity contribution in [3.05, 3.63) is 69.4 Å². The van der Waals surface area contributed by atoms with E-state index < -0.39 is 23.4 Å². The van der Waals surface area contributed by atoms with E-state index in [-0.39, 0.29) is 23.0 Å². The molecule has 110 valence electrons. The summed E-state index contributed by atoms with van der Waals surface area (Å²) >= 11 is 3.00. The van der Waals surface area contributed by atoms with Crippen molar-refractivity contribution in [2.45, 2.75) is 6.42 Å². The monoisotopic (exact) mass is 357 g/mol. The van der Waals surface area contributed by atoms with Crippen molar-refractivity contribution in [3.8, 4) is 0 Å². The molecule has 0 radical (unpaired) electrons. The number of carbonyl (C=O) groups is 1. The molecular weight excluding hydrogens is 347 g/mol. The van der Waals surface area contributed by atoms with Crippen LogP contribution in [-0.4, -0.2) is 12.5 Å². The number of rotatable bonds is 4. The molecule has 0 aliphatic carbocycles. The van der Waals surface area contributed by atoms with Gasteiger partial charge < -0.3 is 5.32 Å². The molecule has 2 aromatic carbocycles. The van der Waals surface area contributed by atoms with Gasteiger partial charge in [-0.2, -0.15) is 0 Å². The second-order valence-electron chi connectivity index (χ2n) is 4.38. The van der Waals surface area contributed by atoms with Gasteiger partial charge in [-0.3, -0.25) is 4.79 Å². The molecule has 1 N–H and O–H groups in total. The lowest BCUT2D eigenvalue weighted by Gasteiger charge is -2.07. The highest BCUT2D eigenvalue weighted by Crippen LogP contribution is 2.20. The summed E-state index contributed by atoms with van der Waals surface area (Å²) in [6, 6.07) is 7.32. The molecule has 6 heteroatoms. The minimum atomic E-state index is -0.663. The van der Waals surface area contributed by atoms with Crippen molar-refractivity contribution in [3.63, 3.8) is 0 Å². The third kappa shape index (κ3) is 4.07. The molecule has 2 rings (SSSR count).